The van der Waals surface area contributed by atoms with Crippen molar-refractivity contribution < 1.29 is 19.1 Å². The topological polar surface area (TPSA) is 68.6 Å². The highest BCUT2D eigenvalue weighted by atomic mass is 16.5. The second-order valence-electron chi connectivity index (χ2n) is 12.8. The number of nitrogens with zero attached hydrogens (tertiary/aromatic N) is 2. The molecule has 5 rings (SSSR count). The first-order valence-electron chi connectivity index (χ1n) is 15.4. The third-order valence-corrected chi connectivity index (χ3v) is 9.34. The monoisotopic (exact) mass is 534 g/mol. The standard InChI is InChI=1S/C33H46N2O4/c1-5-29(37)28-17-33-14-12-10-8-6-7-9-11-13-24-15-25(39-21-22(2)3)16-26-27(23(4)36)19-34(32(24)26)20-31(38)35(28)30(33)18-33/h15-16,19,22,28,30H,5-14,17-18,20-21H2,1-4H3/t28-,30+,33-/m0/s1. The number of carbonyl (C=O) groups is 3. The second-order valence-corrected chi connectivity index (χ2v) is 12.8. The van der Waals surface area contributed by atoms with Crippen molar-refractivity contribution in [3.05, 3.63) is 29.5 Å². The summed E-state index contributed by atoms with van der Waals surface area (Å²) in [6.07, 6.45) is 14.6. The average molecular weight is 535 g/mol. The molecule has 39 heavy (non-hydrogen) atoms. The summed E-state index contributed by atoms with van der Waals surface area (Å²) in [7, 11) is 0. The van der Waals surface area contributed by atoms with E-state index in [0.717, 1.165) is 54.3 Å². The van der Waals surface area contributed by atoms with Gasteiger partial charge in [0.05, 0.1) is 18.2 Å². The number of hydrogen-bond donors (Lipinski definition) is 0. The molecular weight excluding hydrogens is 488 g/mol. The first-order valence-corrected chi connectivity index (χ1v) is 15.4. The predicted octanol–water partition coefficient (Wildman–Crippen LogP) is 6.89. The molecule has 0 unspecified atom stereocenters. The van der Waals surface area contributed by atoms with E-state index >= 15 is 0 Å². The van der Waals surface area contributed by atoms with Gasteiger partial charge in [0.2, 0.25) is 5.91 Å². The molecule has 2 aliphatic heterocycles. The molecule has 1 aliphatic carbocycles. The lowest BCUT2D eigenvalue weighted by Gasteiger charge is -2.27. The lowest BCUT2D eigenvalue weighted by Crippen LogP contribution is -2.44. The van der Waals surface area contributed by atoms with Crippen molar-refractivity contribution in [1.29, 1.82) is 0 Å². The molecule has 2 bridgehead atoms. The Morgan fingerprint density at radius 1 is 1.05 bits per heavy atom. The number of piperidine rings is 1. The number of rotatable bonds is 6. The lowest BCUT2D eigenvalue weighted by atomic mass is 9.91. The van der Waals surface area contributed by atoms with Gasteiger partial charge in [0, 0.05) is 29.6 Å². The van der Waals surface area contributed by atoms with Crippen LogP contribution in [0.3, 0.4) is 0 Å². The highest BCUT2D eigenvalue weighted by Crippen LogP contribution is 2.62. The number of benzene rings is 1. The summed E-state index contributed by atoms with van der Waals surface area (Å²) in [5, 5.41) is 0.868. The minimum absolute atomic E-state index is 0.00794. The van der Waals surface area contributed by atoms with Crippen LogP contribution in [0.2, 0.25) is 0 Å². The quantitative estimate of drug-likeness (QED) is 0.378. The van der Waals surface area contributed by atoms with Crippen molar-refractivity contribution in [2.75, 3.05) is 6.61 Å². The Morgan fingerprint density at radius 2 is 1.77 bits per heavy atom. The van der Waals surface area contributed by atoms with Crippen LogP contribution in [0, 0.1) is 11.3 Å². The Bertz CT molecular complexity index is 1240. The fourth-order valence-corrected chi connectivity index (χ4v) is 7.21. The number of ketones is 2. The minimum atomic E-state index is -0.301. The SMILES string of the molecule is CCC(=O)[C@@H]1C[C@]23CCCCCCCCCc4cc(OCC(C)C)cc5c(C(C)=O)cn(c45)CC(=O)N1[C@@H]2C3. The number of aryl methyl sites for hydroxylation is 1. The largest absolute Gasteiger partial charge is 0.493 e. The molecule has 1 saturated heterocycles. The van der Waals surface area contributed by atoms with Crippen LogP contribution in [-0.2, 0) is 22.6 Å². The summed E-state index contributed by atoms with van der Waals surface area (Å²) in [6.45, 7) is 8.53. The maximum atomic E-state index is 14.0. The van der Waals surface area contributed by atoms with Gasteiger partial charge in [0.15, 0.2) is 11.6 Å². The first-order chi connectivity index (χ1) is 18.7. The molecule has 2 fully saturated rings. The molecule has 1 aromatic heterocycles. The molecule has 3 atom stereocenters. The molecule has 0 spiro atoms. The molecule has 1 aromatic carbocycles. The molecule has 2 aromatic rings. The molecule has 0 N–H and O–H groups in total. The van der Waals surface area contributed by atoms with Gasteiger partial charge in [-0.1, -0.05) is 59.3 Å². The van der Waals surface area contributed by atoms with E-state index in [1.807, 2.05) is 28.7 Å². The number of ether oxygens (including phenoxy) is 1. The van der Waals surface area contributed by atoms with E-state index in [4.69, 9.17) is 4.74 Å². The molecule has 6 nitrogen and oxygen atoms in total. The number of Topliss-reactive ketones (excluding diaryl/α,β-unsaturated/α-hetero) is 2. The summed E-state index contributed by atoms with van der Waals surface area (Å²) in [6, 6.07) is 3.98. The fraction of sp³-hybridized carbons (Fsp3) is 0.667. The molecule has 1 saturated carbocycles. The average Bonchev–Trinajstić information content (AvgIpc) is 3.31. The molecule has 6 heteroatoms. The van der Waals surface area contributed by atoms with Gasteiger partial charge in [-0.05, 0) is 68.1 Å². The maximum Gasteiger partial charge on any atom is 0.243 e. The van der Waals surface area contributed by atoms with Crippen molar-refractivity contribution in [3.8, 4) is 5.75 Å². The van der Waals surface area contributed by atoms with Gasteiger partial charge in [-0.15, -0.1) is 0 Å². The Labute approximate surface area is 233 Å². The zero-order chi connectivity index (χ0) is 27.7. The van der Waals surface area contributed by atoms with E-state index in [1.54, 1.807) is 6.92 Å². The molecule has 3 heterocycles. The fourth-order valence-electron chi connectivity index (χ4n) is 7.21. The molecule has 212 valence electrons. The lowest BCUT2D eigenvalue weighted by molar-refractivity contribution is -0.139. The summed E-state index contributed by atoms with van der Waals surface area (Å²) < 4.78 is 8.13. The Balaban J connectivity index is 1.55. The van der Waals surface area contributed by atoms with Crippen molar-refractivity contribution in [3.63, 3.8) is 0 Å². The number of aromatic nitrogens is 1. The molecular formula is C33H46N2O4. The van der Waals surface area contributed by atoms with E-state index in [9.17, 15) is 14.4 Å². The van der Waals surface area contributed by atoms with Crippen LogP contribution in [0.25, 0.3) is 10.9 Å². The smallest absolute Gasteiger partial charge is 0.243 e. The van der Waals surface area contributed by atoms with E-state index in [0.29, 0.717) is 24.5 Å². The summed E-state index contributed by atoms with van der Waals surface area (Å²) >= 11 is 0. The van der Waals surface area contributed by atoms with Gasteiger partial charge >= 0.3 is 0 Å². The van der Waals surface area contributed by atoms with Gasteiger partial charge in [-0.3, -0.25) is 14.4 Å². The van der Waals surface area contributed by atoms with Crippen LogP contribution in [0.4, 0.5) is 0 Å². The highest BCUT2D eigenvalue weighted by molar-refractivity contribution is 6.08. The Hall–Kier alpha value is -2.63. The van der Waals surface area contributed by atoms with Gasteiger partial charge in [0.25, 0.3) is 0 Å². The van der Waals surface area contributed by atoms with Gasteiger partial charge in [0.1, 0.15) is 12.3 Å². The van der Waals surface area contributed by atoms with E-state index in [2.05, 4.69) is 19.9 Å². The normalized spacial score (nSPS) is 26.0. The number of amides is 1. The zero-order valence-corrected chi connectivity index (χ0v) is 24.4. The minimum Gasteiger partial charge on any atom is -0.493 e. The van der Waals surface area contributed by atoms with Crippen LogP contribution >= 0.6 is 0 Å². The third kappa shape index (κ3) is 5.67. The van der Waals surface area contributed by atoms with Crippen molar-refractivity contribution in [2.24, 2.45) is 11.3 Å². The molecule has 3 aliphatic rings. The predicted molar refractivity (Wildman–Crippen MR) is 154 cm³/mol. The molecule has 0 radical (unpaired) electrons. The summed E-state index contributed by atoms with van der Waals surface area (Å²) in [5.74, 6) is 1.36. The van der Waals surface area contributed by atoms with Crippen LogP contribution < -0.4 is 4.74 Å². The third-order valence-electron chi connectivity index (χ3n) is 9.34. The second kappa shape index (κ2) is 11.5. The van der Waals surface area contributed by atoms with E-state index < -0.39 is 0 Å². The van der Waals surface area contributed by atoms with Crippen LogP contribution in [0.5, 0.6) is 5.75 Å². The van der Waals surface area contributed by atoms with Gasteiger partial charge in [-0.2, -0.15) is 0 Å². The summed E-state index contributed by atoms with van der Waals surface area (Å²) in [4.78, 5) is 41.7. The van der Waals surface area contributed by atoms with E-state index in [-0.39, 0.29) is 41.5 Å². The van der Waals surface area contributed by atoms with Crippen LogP contribution in [0.1, 0.15) is 114 Å². The van der Waals surface area contributed by atoms with Gasteiger partial charge < -0.3 is 14.2 Å². The van der Waals surface area contributed by atoms with Crippen molar-refractivity contribution in [2.45, 2.75) is 123 Å². The summed E-state index contributed by atoms with van der Waals surface area (Å²) in [5.41, 5.74) is 2.87. The highest BCUT2D eigenvalue weighted by Gasteiger charge is 2.65. The maximum absolute atomic E-state index is 14.0. The number of carbonyl (C=O) groups excluding carboxylic acids is 3. The van der Waals surface area contributed by atoms with Gasteiger partial charge in [-0.25, -0.2) is 0 Å². The van der Waals surface area contributed by atoms with Crippen LogP contribution in [0.15, 0.2) is 18.3 Å². The Morgan fingerprint density at radius 3 is 2.46 bits per heavy atom. The first kappa shape index (κ1) is 27.9. The zero-order valence-electron chi connectivity index (χ0n) is 24.4. The Kier molecular flexibility index (Phi) is 8.21. The molecule has 1 amide bonds. The van der Waals surface area contributed by atoms with Crippen LogP contribution in [-0.4, -0.2) is 45.6 Å². The number of hydrogen-bond acceptors (Lipinski definition) is 4. The van der Waals surface area contributed by atoms with E-state index in [1.165, 1.54) is 38.5 Å². The van der Waals surface area contributed by atoms with Crippen molar-refractivity contribution >= 4 is 28.4 Å². The van der Waals surface area contributed by atoms with Crippen molar-refractivity contribution in [1.82, 2.24) is 9.47 Å².